The van der Waals surface area contributed by atoms with Crippen LogP contribution in [0.1, 0.15) is 57.9 Å². The van der Waals surface area contributed by atoms with E-state index in [1.807, 2.05) is 18.2 Å². The molecule has 0 aromatic heterocycles. The number of amides is 1. The molecule has 4 heteroatoms. The lowest BCUT2D eigenvalue weighted by Gasteiger charge is -2.27. The Morgan fingerprint density at radius 2 is 1.91 bits per heavy atom. The van der Waals surface area contributed by atoms with Gasteiger partial charge in [0.25, 0.3) is 0 Å². The summed E-state index contributed by atoms with van der Waals surface area (Å²) in [6.45, 7) is 6.05. The maximum atomic E-state index is 12.4. The van der Waals surface area contributed by atoms with Gasteiger partial charge in [-0.3, -0.25) is 4.79 Å². The summed E-state index contributed by atoms with van der Waals surface area (Å²) in [4.78, 5) is 12.4. The topological polar surface area (TPSA) is 41.1 Å². The highest BCUT2D eigenvalue weighted by Crippen LogP contribution is 2.31. The Labute approximate surface area is 147 Å². The fourth-order valence-corrected chi connectivity index (χ4v) is 3.42. The third kappa shape index (κ3) is 6.52. The highest BCUT2D eigenvalue weighted by Gasteiger charge is 2.22. The van der Waals surface area contributed by atoms with Crippen LogP contribution in [-0.2, 0) is 11.3 Å². The van der Waals surface area contributed by atoms with Crippen molar-refractivity contribution in [2.45, 2.75) is 58.9 Å². The van der Waals surface area contributed by atoms with Crippen LogP contribution < -0.4 is 10.6 Å². The third-order valence-electron chi connectivity index (χ3n) is 4.82. The van der Waals surface area contributed by atoms with Crippen molar-refractivity contribution in [1.82, 2.24) is 5.32 Å². The summed E-state index contributed by atoms with van der Waals surface area (Å²) in [7, 11) is 0. The van der Waals surface area contributed by atoms with Gasteiger partial charge in [-0.15, -0.1) is 12.4 Å². The van der Waals surface area contributed by atoms with Gasteiger partial charge < -0.3 is 10.6 Å². The molecule has 1 aliphatic carbocycles. The first-order valence-electron chi connectivity index (χ1n) is 8.79. The number of carbonyl (C=O) groups excluding carboxylic acids is 1. The second-order valence-corrected chi connectivity index (χ2v) is 6.57. The molecule has 0 aliphatic heterocycles. The van der Waals surface area contributed by atoms with E-state index >= 15 is 0 Å². The van der Waals surface area contributed by atoms with Crippen LogP contribution in [0, 0.1) is 11.8 Å². The van der Waals surface area contributed by atoms with Gasteiger partial charge in [0.15, 0.2) is 0 Å². The Morgan fingerprint density at radius 1 is 1.22 bits per heavy atom. The minimum Gasteiger partial charge on any atom is -0.326 e. The van der Waals surface area contributed by atoms with Gasteiger partial charge in [-0.25, -0.2) is 0 Å². The number of para-hydroxylation sites is 1. The van der Waals surface area contributed by atoms with Crippen molar-refractivity contribution in [3.63, 3.8) is 0 Å². The maximum Gasteiger partial charge on any atom is 0.224 e. The van der Waals surface area contributed by atoms with Crippen molar-refractivity contribution in [2.24, 2.45) is 11.8 Å². The van der Waals surface area contributed by atoms with Crippen LogP contribution in [0.5, 0.6) is 0 Å². The number of nitrogens with one attached hydrogen (secondary N) is 2. The van der Waals surface area contributed by atoms with Crippen LogP contribution in [0.2, 0.25) is 0 Å². The summed E-state index contributed by atoms with van der Waals surface area (Å²) >= 11 is 0. The number of hydrogen-bond donors (Lipinski definition) is 2. The van der Waals surface area contributed by atoms with E-state index in [2.05, 4.69) is 30.5 Å². The molecule has 1 fully saturated rings. The van der Waals surface area contributed by atoms with Crippen LogP contribution in [0.3, 0.4) is 0 Å². The standard InChI is InChI=1S/C19H30N2O.ClH/c1-3-20-14-17-11-7-8-12-18(17)21-19(22)13-15(2)16-9-5-4-6-10-16;/h7-8,11-12,15-16,20H,3-6,9-10,13-14H2,1-2H3,(H,21,22);1H. The largest absolute Gasteiger partial charge is 0.326 e. The molecule has 1 aromatic carbocycles. The maximum absolute atomic E-state index is 12.4. The molecule has 0 bridgehead atoms. The molecule has 1 amide bonds. The van der Waals surface area contributed by atoms with E-state index in [1.54, 1.807) is 0 Å². The molecule has 3 nitrogen and oxygen atoms in total. The molecule has 0 radical (unpaired) electrons. The summed E-state index contributed by atoms with van der Waals surface area (Å²) in [6.07, 6.45) is 7.27. The fourth-order valence-electron chi connectivity index (χ4n) is 3.42. The van der Waals surface area contributed by atoms with Crippen molar-refractivity contribution in [3.05, 3.63) is 29.8 Å². The smallest absolute Gasteiger partial charge is 0.224 e. The highest BCUT2D eigenvalue weighted by atomic mass is 35.5. The quantitative estimate of drug-likeness (QED) is 0.752. The second kappa shape index (κ2) is 10.7. The van der Waals surface area contributed by atoms with Gasteiger partial charge >= 0.3 is 0 Å². The first-order chi connectivity index (χ1) is 10.7. The molecule has 130 valence electrons. The summed E-state index contributed by atoms with van der Waals surface area (Å²) in [6, 6.07) is 8.07. The molecular formula is C19H31ClN2O. The zero-order chi connectivity index (χ0) is 15.8. The van der Waals surface area contributed by atoms with E-state index in [1.165, 1.54) is 32.1 Å². The van der Waals surface area contributed by atoms with Gasteiger partial charge in [0, 0.05) is 18.7 Å². The molecule has 2 rings (SSSR count). The van der Waals surface area contributed by atoms with E-state index in [9.17, 15) is 4.79 Å². The molecule has 1 aliphatic rings. The van der Waals surface area contributed by atoms with Gasteiger partial charge in [-0.05, 0) is 30.0 Å². The van der Waals surface area contributed by atoms with E-state index in [0.29, 0.717) is 12.3 Å². The van der Waals surface area contributed by atoms with Crippen molar-refractivity contribution in [3.8, 4) is 0 Å². The monoisotopic (exact) mass is 338 g/mol. The number of carbonyl (C=O) groups is 1. The number of hydrogen-bond acceptors (Lipinski definition) is 2. The minimum atomic E-state index is 0. The normalized spacial score (nSPS) is 16.4. The molecular weight excluding hydrogens is 308 g/mol. The molecule has 2 N–H and O–H groups in total. The Bertz CT molecular complexity index is 472. The van der Waals surface area contributed by atoms with Crippen molar-refractivity contribution in [2.75, 3.05) is 11.9 Å². The van der Waals surface area contributed by atoms with Gasteiger partial charge in [0.1, 0.15) is 0 Å². The third-order valence-corrected chi connectivity index (χ3v) is 4.82. The van der Waals surface area contributed by atoms with Crippen LogP contribution >= 0.6 is 12.4 Å². The minimum absolute atomic E-state index is 0. The predicted octanol–water partition coefficient (Wildman–Crippen LogP) is 4.76. The number of rotatable bonds is 7. The first kappa shape index (κ1) is 20.0. The van der Waals surface area contributed by atoms with E-state index in [0.717, 1.165) is 30.3 Å². The molecule has 0 heterocycles. The van der Waals surface area contributed by atoms with Crippen LogP contribution in [0.4, 0.5) is 5.69 Å². The van der Waals surface area contributed by atoms with Gasteiger partial charge in [-0.2, -0.15) is 0 Å². The lowest BCUT2D eigenvalue weighted by atomic mass is 9.79. The molecule has 1 saturated carbocycles. The molecule has 0 spiro atoms. The highest BCUT2D eigenvalue weighted by molar-refractivity contribution is 5.91. The lowest BCUT2D eigenvalue weighted by molar-refractivity contribution is -0.117. The Balaban J connectivity index is 0.00000264. The predicted molar refractivity (Wildman–Crippen MR) is 100 cm³/mol. The fraction of sp³-hybridized carbons (Fsp3) is 0.632. The molecule has 0 saturated heterocycles. The summed E-state index contributed by atoms with van der Waals surface area (Å²) < 4.78 is 0. The Morgan fingerprint density at radius 3 is 2.61 bits per heavy atom. The van der Waals surface area contributed by atoms with Crippen LogP contribution in [0.15, 0.2) is 24.3 Å². The molecule has 1 unspecified atom stereocenters. The van der Waals surface area contributed by atoms with Gasteiger partial charge in [0.2, 0.25) is 5.91 Å². The lowest BCUT2D eigenvalue weighted by Crippen LogP contribution is -2.23. The summed E-state index contributed by atoms with van der Waals surface area (Å²) in [5.74, 6) is 1.37. The number of benzene rings is 1. The Hall–Kier alpha value is -1.06. The van der Waals surface area contributed by atoms with Crippen LogP contribution in [0.25, 0.3) is 0 Å². The van der Waals surface area contributed by atoms with Gasteiger partial charge in [0.05, 0.1) is 0 Å². The van der Waals surface area contributed by atoms with E-state index < -0.39 is 0 Å². The van der Waals surface area contributed by atoms with Gasteiger partial charge in [-0.1, -0.05) is 64.2 Å². The zero-order valence-corrected chi connectivity index (χ0v) is 15.3. The number of halogens is 1. The summed E-state index contributed by atoms with van der Waals surface area (Å²) in [5, 5.41) is 6.43. The molecule has 1 atom stereocenters. The van der Waals surface area contributed by atoms with E-state index in [-0.39, 0.29) is 18.3 Å². The van der Waals surface area contributed by atoms with Crippen molar-refractivity contribution < 1.29 is 4.79 Å². The SMILES string of the molecule is CCNCc1ccccc1NC(=O)CC(C)C1CCCCC1.Cl. The average Bonchev–Trinajstić information content (AvgIpc) is 2.54. The van der Waals surface area contributed by atoms with Crippen molar-refractivity contribution >= 4 is 24.0 Å². The van der Waals surface area contributed by atoms with Crippen molar-refractivity contribution in [1.29, 1.82) is 0 Å². The van der Waals surface area contributed by atoms with E-state index in [4.69, 9.17) is 0 Å². The average molecular weight is 339 g/mol. The Kier molecular flexibility index (Phi) is 9.27. The van der Waals surface area contributed by atoms with Crippen LogP contribution in [-0.4, -0.2) is 12.5 Å². The zero-order valence-electron chi connectivity index (χ0n) is 14.4. The molecule has 23 heavy (non-hydrogen) atoms. The molecule has 1 aromatic rings. The first-order valence-corrected chi connectivity index (χ1v) is 8.79. The second-order valence-electron chi connectivity index (χ2n) is 6.57. The number of anilines is 1. The summed E-state index contributed by atoms with van der Waals surface area (Å²) in [5.41, 5.74) is 2.10.